The lowest BCUT2D eigenvalue weighted by Crippen LogP contribution is -2.46. The van der Waals surface area contributed by atoms with Gasteiger partial charge in [0.1, 0.15) is 0 Å². The van der Waals surface area contributed by atoms with E-state index in [1.807, 2.05) is 4.90 Å². The maximum absolute atomic E-state index is 12.4. The van der Waals surface area contributed by atoms with Crippen LogP contribution in [-0.2, 0) is 4.79 Å². The van der Waals surface area contributed by atoms with Crippen molar-refractivity contribution in [1.82, 2.24) is 4.90 Å². The molecular formula is C19H29ClN2O. The number of hydrogen-bond acceptors (Lipinski definition) is 2. The second-order valence-corrected chi connectivity index (χ2v) is 7.07. The molecule has 1 aromatic carbocycles. The first-order valence-corrected chi connectivity index (χ1v) is 8.80. The van der Waals surface area contributed by atoms with Crippen molar-refractivity contribution >= 4 is 18.3 Å². The fourth-order valence-corrected chi connectivity index (χ4v) is 4.04. The maximum Gasteiger partial charge on any atom is 0.222 e. The van der Waals surface area contributed by atoms with Crippen molar-refractivity contribution in [3.63, 3.8) is 0 Å². The molecule has 1 saturated carbocycles. The number of benzene rings is 1. The van der Waals surface area contributed by atoms with Gasteiger partial charge in [0, 0.05) is 25.6 Å². The molecule has 1 unspecified atom stereocenters. The molecule has 1 aliphatic heterocycles. The van der Waals surface area contributed by atoms with Gasteiger partial charge in [-0.1, -0.05) is 30.3 Å². The van der Waals surface area contributed by atoms with Crippen LogP contribution in [0.1, 0.15) is 56.4 Å². The molecule has 1 aromatic rings. The van der Waals surface area contributed by atoms with E-state index < -0.39 is 0 Å². The van der Waals surface area contributed by atoms with Gasteiger partial charge in [-0.15, -0.1) is 12.4 Å². The normalized spacial score (nSPS) is 28.0. The number of carbonyl (C=O) groups excluding carboxylic acids is 1. The fraction of sp³-hybridized carbons (Fsp3) is 0.632. The molecule has 0 bridgehead atoms. The summed E-state index contributed by atoms with van der Waals surface area (Å²) in [6.45, 7) is 1.67. The highest BCUT2D eigenvalue weighted by Gasteiger charge is 2.27. The first-order chi connectivity index (χ1) is 10.7. The molecule has 23 heavy (non-hydrogen) atoms. The van der Waals surface area contributed by atoms with E-state index in [0.29, 0.717) is 17.7 Å². The summed E-state index contributed by atoms with van der Waals surface area (Å²) in [4.78, 5) is 14.4. The molecule has 1 aliphatic carbocycles. The standard InChI is InChI=1S/C19H28N2O.ClH/c20-18-7-4-12-21(14-18)19(22)13-15-8-10-17(11-9-15)16-5-2-1-3-6-16;/h1-3,5-6,15,17-18H,4,7-14,20H2;1H. The van der Waals surface area contributed by atoms with Crippen molar-refractivity contribution < 1.29 is 4.79 Å². The van der Waals surface area contributed by atoms with Gasteiger partial charge in [0.05, 0.1) is 0 Å². The number of carbonyl (C=O) groups is 1. The monoisotopic (exact) mass is 336 g/mol. The highest BCUT2D eigenvalue weighted by molar-refractivity contribution is 5.85. The van der Waals surface area contributed by atoms with Gasteiger partial charge in [-0.3, -0.25) is 4.79 Å². The second kappa shape index (κ2) is 8.70. The lowest BCUT2D eigenvalue weighted by atomic mass is 9.77. The van der Waals surface area contributed by atoms with Crippen LogP contribution >= 0.6 is 12.4 Å². The minimum atomic E-state index is 0. The van der Waals surface area contributed by atoms with E-state index in [2.05, 4.69) is 30.3 Å². The molecule has 0 radical (unpaired) electrons. The van der Waals surface area contributed by atoms with Crippen LogP contribution in [0, 0.1) is 5.92 Å². The van der Waals surface area contributed by atoms with E-state index in [9.17, 15) is 4.79 Å². The van der Waals surface area contributed by atoms with E-state index in [1.54, 1.807) is 0 Å². The Balaban J connectivity index is 0.00000192. The summed E-state index contributed by atoms with van der Waals surface area (Å²) in [6.07, 6.45) is 7.67. The first-order valence-electron chi connectivity index (χ1n) is 8.80. The fourth-order valence-electron chi connectivity index (χ4n) is 4.04. The maximum atomic E-state index is 12.4. The summed E-state index contributed by atoms with van der Waals surface area (Å²) >= 11 is 0. The molecule has 0 aromatic heterocycles. The first kappa shape index (κ1) is 18.3. The molecule has 2 fully saturated rings. The van der Waals surface area contributed by atoms with Crippen LogP contribution in [-0.4, -0.2) is 29.9 Å². The molecular weight excluding hydrogens is 308 g/mol. The number of amides is 1. The van der Waals surface area contributed by atoms with Gasteiger partial charge in [-0.25, -0.2) is 0 Å². The lowest BCUT2D eigenvalue weighted by Gasteiger charge is -2.33. The predicted molar refractivity (Wildman–Crippen MR) is 96.8 cm³/mol. The smallest absolute Gasteiger partial charge is 0.222 e. The van der Waals surface area contributed by atoms with Crippen LogP contribution < -0.4 is 5.73 Å². The summed E-state index contributed by atoms with van der Waals surface area (Å²) in [5.41, 5.74) is 7.45. The molecule has 3 nitrogen and oxygen atoms in total. The zero-order chi connectivity index (χ0) is 15.4. The third kappa shape index (κ3) is 4.95. The number of piperidine rings is 1. The second-order valence-electron chi connectivity index (χ2n) is 7.07. The Kier molecular flexibility index (Phi) is 6.91. The molecule has 1 saturated heterocycles. The number of likely N-dealkylation sites (tertiary alicyclic amines) is 1. The zero-order valence-corrected chi connectivity index (χ0v) is 14.6. The third-order valence-electron chi connectivity index (χ3n) is 5.39. The van der Waals surface area contributed by atoms with Gasteiger partial charge in [0.15, 0.2) is 0 Å². The zero-order valence-electron chi connectivity index (χ0n) is 13.8. The van der Waals surface area contributed by atoms with Gasteiger partial charge >= 0.3 is 0 Å². The van der Waals surface area contributed by atoms with Gasteiger partial charge in [0.2, 0.25) is 5.91 Å². The molecule has 2 N–H and O–H groups in total. The number of nitrogens with two attached hydrogens (primary N) is 1. The Hall–Kier alpha value is -1.06. The Bertz CT molecular complexity index is 485. The molecule has 1 atom stereocenters. The van der Waals surface area contributed by atoms with E-state index >= 15 is 0 Å². The van der Waals surface area contributed by atoms with Crippen LogP contribution in [0.2, 0.25) is 0 Å². The Labute approximate surface area is 146 Å². The molecule has 128 valence electrons. The van der Waals surface area contributed by atoms with Crippen molar-refractivity contribution in [3.8, 4) is 0 Å². The number of rotatable bonds is 3. The largest absolute Gasteiger partial charge is 0.341 e. The third-order valence-corrected chi connectivity index (χ3v) is 5.39. The molecule has 2 aliphatic rings. The van der Waals surface area contributed by atoms with Crippen LogP contribution in [0.15, 0.2) is 30.3 Å². The lowest BCUT2D eigenvalue weighted by molar-refractivity contribution is -0.133. The van der Waals surface area contributed by atoms with E-state index in [4.69, 9.17) is 5.73 Å². The SMILES string of the molecule is Cl.NC1CCCN(C(=O)CC2CCC(c3ccccc3)CC2)C1. The minimum Gasteiger partial charge on any atom is -0.341 e. The molecule has 4 heteroatoms. The van der Waals surface area contributed by atoms with Gasteiger partial charge < -0.3 is 10.6 Å². The van der Waals surface area contributed by atoms with Gasteiger partial charge in [0.25, 0.3) is 0 Å². The average molecular weight is 337 g/mol. The molecule has 0 spiro atoms. The van der Waals surface area contributed by atoms with Crippen LogP contribution in [0.25, 0.3) is 0 Å². The van der Waals surface area contributed by atoms with E-state index in [-0.39, 0.29) is 18.4 Å². The number of hydrogen-bond donors (Lipinski definition) is 1. The summed E-state index contributed by atoms with van der Waals surface area (Å²) < 4.78 is 0. The number of nitrogens with zero attached hydrogens (tertiary/aromatic N) is 1. The highest BCUT2D eigenvalue weighted by Crippen LogP contribution is 2.37. The van der Waals surface area contributed by atoms with Crippen LogP contribution in [0.5, 0.6) is 0 Å². The summed E-state index contributed by atoms with van der Waals surface area (Å²) in [5.74, 6) is 1.60. The van der Waals surface area contributed by atoms with E-state index in [1.165, 1.54) is 31.2 Å². The predicted octanol–water partition coefficient (Wildman–Crippen LogP) is 3.72. The van der Waals surface area contributed by atoms with Gasteiger partial charge in [-0.2, -0.15) is 0 Å². The topological polar surface area (TPSA) is 46.3 Å². The quantitative estimate of drug-likeness (QED) is 0.914. The summed E-state index contributed by atoms with van der Waals surface area (Å²) in [5, 5.41) is 0. The van der Waals surface area contributed by atoms with Crippen molar-refractivity contribution in [2.24, 2.45) is 11.7 Å². The van der Waals surface area contributed by atoms with Crippen LogP contribution in [0.4, 0.5) is 0 Å². The number of halogens is 1. The van der Waals surface area contributed by atoms with Crippen molar-refractivity contribution in [1.29, 1.82) is 0 Å². The molecule has 3 rings (SSSR count). The Morgan fingerprint density at radius 1 is 1.09 bits per heavy atom. The molecule has 1 heterocycles. The Morgan fingerprint density at radius 3 is 2.43 bits per heavy atom. The minimum absolute atomic E-state index is 0. The summed E-state index contributed by atoms with van der Waals surface area (Å²) in [7, 11) is 0. The van der Waals surface area contributed by atoms with Crippen molar-refractivity contribution in [2.75, 3.05) is 13.1 Å². The molecule has 1 amide bonds. The van der Waals surface area contributed by atoms with Gasteiger partial charge in [-0.05, 0) is 55.9 Å². The van der Waals surface area contributed by atoms with Crippen molar-refractivity contribution in [3.05, 3.63) is 35.9 Å². The Morgan fingerprint density at radius 2 is 1.78 bits per heavy atom. The van der Waals surface area contributed by atoms with Crippen LogP contribution in [0.3, 0.4) is 0 Å². The summed E-state index contributed by atoms with van der Waals surface area (Å²) in [6, 6.07) is 11.0. The van der Waals surface area contributed by atoms with E-state index in [0.717, 1.165) is 32.4 Å². The average Bonchev–Trinajstić information content (AvgIpc) is 2.56. The van der Waals surface area contributed by atoms with Crippen molar-refractivity contribution in [2.45, 2.75) is 56.9 Å². The highest BCUT2D eigenvalue weighted by atomic mass is 35.5.